The fourth-order valence-electron chi connectivity index (χ4n) is 2.60. The van der Waals surface area contributed by atoms with Crippen LogP contribution in [0, 0.1) is 0 Å². The third kappa shape index (κ3) is 3.65. The molecule has 1 saturated heterocycles. The van der Waals surface area contributed by atoms with E-state index in [4.69, 9.17) is 10.2 Å². The van der Waals surface area contributed by atoms with Crippen LogP contribution in [0.5, 0.6) is 0 Å². The number of nitrogens with one attached hydrogen (secondary N) is 3. The number of imide groups is 1. The summed E-state index contributed by atoms with van der Waals surface area (Å²) in [6, 6.07) is 5.50. The first kappa shape index (κ1) is 17.2. The molecule has 1 aliphatic heterocycles. The van der Waals surface area contributed by atoms with Crippen LogP contribution in [-0.2, 0) is 4.79 Å². The number of aliphatic imine (C=N–C) groups is 1. The van der Waals surface area contributed by atoms with Gasteiger partial charge in [-0.1, -0.05) is 0 Å². The molecule has 1 fully saturated rings. The number of nitrogens with zero attached hydrogens (tertiary/aromatic N) is 3. The standard InChI is InChI=1S/C18H15N7O3/c19-14(23-15-6-1-10(7-20-15)11-8-21-22-9-11)5-3-12-2-4-13(28-12)16-17(26)25-18(27)24-16/h1-9,16H,(H,21,22)(H2,19,20,23)(H2,24,25,26,27)/b5-3-. The van der Waals surface area contributed by atoms with Crippen LogP contribution in [0.25, 0.3) is 17.2 Å². The van der Waals surface area contributed by atoms with Crippen LogP contribution in [0.15, 0.2) is 58.3 Å². The molecule has 140 valence electrons. The lowest BCUT2D eigenvalue weighted by Gasteiger charge is -2.01. The summed E-state index contributed by atoms with van der Waals surface area (Å²) in [4.78, 5) is 31.3. The van der Waals surface area contributed by atoms with Crippen LogP contribution in [0.1, 0.15) is 17.6 Å². The Morgan fingerprint density at radius 3 is 2.75 bits per heavy atom. The highest BCUT2D eigenvalue weighted by molar-refractivity contribution is 6.04. The molecule has 3 amide bonds. The molecule has 1 unspecified atom stereocenters. The van der Waals surface area contributed by atoms with Crippen LogP contribution >= 0.6 is 0 Å². The zero-order valence-electron chi connectivity index (χ0n) is 14.4. The van der Waals surface area contributed by atoms with Crippen molar-refractivity contribution in [2.24, 2.45) is 10.7 Å². The Morgan fingerprint density at radius 1 is 1.18 bits per heavy atom. The first-order valence-corrected chi connectivity index (χ1v) is 8.27. The molecule has 0 aliphatic carbocycles. The van der Waals surface area contributed by atoms with E-state index in [0.29, 0.717) is 17.3 Å². The smallest absolute Gasteiger partial charge is 0.322 e. The average Bonchev–Trinajstić information content (AvgIpc) is 3.42. The van der Waals surface area contributed by atoms with Crippen LogP contribution < -0.4 is 16.4 Å². The fraction of sp³-hybridized carbons (Fsp3) is 0.0556. The van der Waals surface area contributed by atoms with Crippen LogP contribution in [0.3, 0.4) is 0 Å². The van der Waals surface area contributed by atoms with Crippen LogP contribution in [0.4, 0.5) is 10.6 Å². The molecule has 10 nitrogen and oxygen atoms in total. The second-order valence-electron chi connectivity index (χ2n) is 5.90. The summed E-state index contributed by atoms with van der Waals surface area (Å²) < 4.78 is 5.55. The number of amides is 3. The van der Waals surface area contributed by atoms with Gasteiger partial charge in [-0.25, -0.2) is 14.8 Å². The molecule has 0 saturated carbocycles. The third-order valence-corrected chi connectivity index (χ3v) is 3.95. The van der Waals surface area contributed by atoms with E-state index >= 15 is 0 Å². The molecule has 0 radical (unpaired) electrons. The van der Waals surface area contributed by atoms with Crippen molar-refractivity contribution in [2.75, 3.05) is 0 Å². The highest BCUT2D eigenvalue weighted by Crippen LogP contribution is 2.21. The van der Waals surface area contributed by atoms with Gasteiger partial charge in [0, 0.05) is 23.5 Å². The summed E-state index contributed by atoms with van der Waals surface area (Å²) in [5.41, 5.74) is 7.74. The Balaban J connectivity index is 1.43. The van der Waals surface area contributed by atoms with Crippen molar-refractivity contribution in [1.82, 2.24) is 25.8 Å². The number of H-pyrrole nitrogens is 1. The SMILES string of the molecule is NC(/C=C\c1ccc(C2NC(=O)NC2=O)o1)=Nc1ccc(-c2cn[nH]c2)cn1. The van der Waals surface area contributed by atoms with Crippen molar-refractivity contribution in [3.8, 4) is 11.1 Å². The monoisotopic (exact) mass is 377 g/mol. The van der Waals surface area contributed by atoms with Gasteiger partial charge in [-0.3, -0.25) is 15.2 Å². The number of rotatable bonds is 5. The Kier molecular flexibility index (Phi) is 4.42. The van der Waals surface area contributed by atoms with E-state index in [1.54, 1.807) is 48.9 Å². The maximum Gasteiger partial charge on any atom is 0.322 e. The van der Waals surface area contributed by atoms with Gasteiger partial charge in [-0.2, -0.15) is 5.10 Å². The second-order valence-corrected chi connectivity index (χ2v) is 5.90. The van der Waals surface area contributed by atoms with Crippen LogP contribution in [0.2, 0.25) is 0 Å². The molecule has 0 aromatic carbocycles. The minimum Gasteiger partial charge on any atom is -0.459 e. The number of aromatic amines is 1. The number of hydrogen-bond acceptors (Lipinski definition) is 6. The van der Waals surface area contributed by atoms with E-state index in [1.807, 2.05) is 6.07 Å². The fourth-order valence-corrected chi connectivity index (χ4v) is 2.60. The maximum atomic E-state index is 11.6. The van der Waals surface area contributed by atoms with Crippen molar-refractivity contribution >= 4 is 29.7 Å². The van der Waals surface area contributed by atoms with E-state index in [0.717, 1.165) is 11.1 Å². The van der Waals surface area contributed by atoms with E-state index in [2.05, 4.69) is 30.8 Å². The molecule has 28 heavy (non-hydrogen) atoms. The number of pyridine rings is 1. The predicted octanol–water partition coefficient (Wildman–Crippen LogP) is 1.65. The molecular formula is C18H15N7O3. The molecule has 4 heterocycles. The summed E-state index contributed by atoms with van der Waals surface area (Å²) in [5, 5.41) is 11.3. The number of furan rings is 1. The first-order chi connectivity index (χ1) is 13.6. The number of carbonyl (C=O) groups is 2. The lowest BCUT2D eigenvalue weighted by atomic mass is 10.2. The van der Waals surface area contributed by atoms with Gasteiger partial charge in [0.2, 0.25) is 0 Å². The van der Waals surface area contributed by atoms with E-state index < -0.39 is 18.0 Å². The van der Waals surface area contributed by atoms with E-state index in [-0.39, 0.29) is 5.84 Å². The van der Waals surface area contributed by atoms with Crippen molar-refractivity contribution in [3.05, 3.63) is 60.5 Å². The second kappa shape index (κ2) is 7.19. The van der Waals surface area contributed by atoms with Gasteiger partial charge in [0.05, 0.1) is 6.20 Å². The molecule has 1 aliphatic rings. The number of urea groups is 1. The molecule has 3 aromatic rings. The Labute approximate surface area is 158 Å². The zero-order valence-corrected chi connectivity index (χ0v) is 14.4. The minimum absolute atomic E-state index is 0.230. The maximum absolute atomic E-state index is 11.6. The summed E-state index contributed by atoms with van der Waals surface area (Å²) in [6.45, 7) is 0. The zero-order chi connectivity index (χ0) is 19.5. The summed E-state index contributed by atoms with van der Waals surface area (Å²) in [5.74, 6) is 1.02. The van der Waals surface area contributed by atoms with Gasteiger partial charge >= 0.3 is 6.03 Å². The Bertz CT molecular complexity index is 1070. The Hall–Kier alpha value is -4.21. The van der Waals surface area contributed by atoms with Gasteiger partial charge in [-0.15, -0.1) is 0 Å². The molecule has 10 heteroatoms. The van der Waals surface area contributed by atoms with Crippen molar-refractivity contribution in [1.29, 1.82) is 0 Å². The number of nitrogens with two attached hydrogens (primary N) is 1. The predicted molar refractivity (Wildman–Crippen MR) is 100 cm³/mol. The molecule has 3 aromatic heterocycles. The average molecular weight is 377 g/mol. The number of amidine groups is 1. The molecule has 5 N–H and O–H groups in total. The van der Waals surface area contributed by atoms with Crippen molar-refractivity contribution < 1.29 is 14.0 Å². The number of carbonyl (C=O) groups excluding carboxylic acids is 2. The highest BCUT2D eigenvalue weighted by Gasteiger charge is 2.33. The summed E-state index contributed by atoms with van der Waals surface area (Å²) in [7, 11) is 0. The lowest BCUT2D eigenvalue weighted by Crippen LogP contribution is -2.22. The van der Waals surface area contributed by atoms with Crippen molar-refractivity contribution in [3.63, 3.8) is 0 Å². The molecular weight excluding hydrogens is 362 g/mol. The lowest BCUT2D eigenvalue weighted by molar-refractivity contribution is -0.120. The van der Waals surface area contributed by atoms with E-state index in [1.165, 1.54) is 0 Å². The number of hydrogen-bond donors (Lipinski definition) is 4. The summed E-state index contributed by atoms with van der Waals surface area (Å²) in [6.07, 6.45) is 8.32. The van der Waals surface area contributed by atoms with Gasteiger partial charge in [0.25, 0.3) is 5.91 Å². The Morgan fingerprint density at radius 2 is 2.07 bits per heavy atom. The minimum atomic E-state index is -0.835. The molecule has 0 bridgehead atoms. The van der Waals surface area contributed by atoms with Gasteiger partial charge in [0.1, 0.15) is 17.4 Å². The van der Waals surface area contributed by atoms with Gasteiger partial charge in [0.15, 0.2) is 11.9 Å². The van der Waals surface area contributed by atoms with Crippen LogP contribution in [-0.4, -0.2) is 33.0 Å². The first-order valence-electron chi connectivity index (χ1n) is 8.27. The van der Waals surface area contributed by atoms with Crippen molar-refractivity contribution in [2.45, 2.75) is 6.04 Å². The normalized spacial score (nSPS) is 17.1. The quantitative estimate of drug-likeness (QED) is 0.301. The molecule has 0 spiro atoms. The highest BCUT2D eigenvalue weighted by atomic mass is 16.3. The largest absolute Gasteiger partial charge is 0.459 e. The van der Waals surface area contributed by atoms with E-state index in [9.17, 15) is 9.59 Å². The molecule has 1 atom stereocenters. The van der Waals surface area contributed by atoms with Gasteiger partial charge < -0.3 is 15.5 Å². The number of aromatic nitrogens is 3. The third-order valence-electron chi connectivity index (χ3n) is 3.95. The van der Waals surface area contributed by atoms with Gasteiger partial charge in [-0.05, 0) is 36.4 Å². The topological polar surface area (TPSA) is 151 Å². The summed E-state index contributed by atoms with van der Waals surface area (Å²) >= 11 is 0. The molecule has 4 rings (SSSR count).